The van der Waals surface area contributed by atoms with Crippen molar-refractivity contribution in [3.63, 3.8) is 0 Å². The highest BCUT2D eigenvalue weighted by Crippen LogP contribution is 2.28. The van der Waals surface area contributed by atoms with Crippen LogP contribution in [0.15, 0.2) is 0 Å². The number of rotatable bonds is 0. The topological polar surface area (TPSA) is 6.48 Å². The van der Waals surface area contributed by atoms with Crippen LogP contribution in [-0.2, 0) is 0 Å². The molecule has 0 N–H and O–H groups in total. The van der Waals surface area contributed by atoms with Gasteiger partial charge in [-0.05, 0) is 13.5 Å². The van der Waals surface area contributed by atoms with Crippen molar-refractivity contribution in [2.75, 3.05) is 32.4 Å². The van der Waals surface area contributed by atoms with Crippen LogP contribution in [0.5, 0.6) is 0 Å². The van der Waals surface area contributed by atoms with Crippen molar-refractivity contribution in [2.45, 2.75) is 12.5 Å². The Hall–Kier alpha value is -0.375. The first-order chi connectivity index (χ1) is 10.9. The fraction of sp³-hybridized carbons (Fsp3) is 1.00. The van der Waals surface area contributed by atoms with Crippen LogP contribution in [0.1, 0.15) is 6.42 Å². The van der Waals surface area contributed by atoms with Gasteiger partial charge in [0.15, 0.2) is 0 Å². The Labute approximate surface area is 140 Å². The molecule has 0 radical (unpaired) electrons. The third kappa shape index (κ3) is 31.8. The van der Waals surface area contributed by atoms with Crippen LogP contribution in [0.4, 0.5) is 51.8 Å². The minimum atomic E-state index is -6.00. The Bertz CT molecular complexity index is 305. The lowest BCUT2D eigenvalue weighted by Crippen LogP contribution is -2.45. The summed E-state index contributed by atoms with van der Waals surface area (Å²) >= 11 is 2.03. The van der Waals surface area contributed by atoms with Crippen LogP contribution >= 0.6 is 11.9 Å². The molecule has 0 amide bonds. The Balaban J connectivity index is 0. The molecule has 2 aliphatic rings. The third-order valence-electron chi connectivity index (χ3n) is 2.34. The van der Waals surface area contributed by atoms with Gasteiger partial charge >= 0.3 is 21.8 Å². The van der Waals surface area contributed by atoms with Gasteiger partial charge in [0, 0.05) is 31.4 Å². The normalized spacial score (nSPS) is 21.7. The van der Waals surface area contributed by atoms with E-state index in [4.69, 9.17) is 0 Å². The first-order valence-electron chi connectivity index (χ1n) is 6.56. The zero-order valence-electron chi connectivity index (χ0n) is 12.7. The van der Waals surface area contributed by atoms with Gasteiger partial charge in [-0.2, -0.15) is 0 Å². The van der Waals surface area contributed by atoms with Crippen LogP contribution in [0.2, 0.25) is 0 Å². The smallest absolute Gasteiger partial charge is 0.418 e. The van der Waals surface area contributed by atoms with Crippen LogP contribution in [0.25, 0.3) is 0 Å². The lowest BCUT2D eigenvalue weighted by Gasteiger charge is -2.34. The summed E-state index contributed by atoms with van der Waals surface area (Å²) in [5.74, 6) is 1.35. The number of fused-ring (bicyclic) bond motifs is 1. The maximum Gasteiger partial charge on any atom is 0.673 e. The second-order valence-electron chi connectivity index (χ2n) is 4.66. The van der Waals surface area contributed by atoms with Gasteiger partial charge in [0.25, 0.3) is 0 Å². The molecule has 0 aromatic rings. The molecule has 2 saturated heterocycles. The molecule has 18 heteroatoms. The van der Waals surface area contributed by atoms with Gasteiger partial charge in [-0.3, -0.25) is 0 Å². The molecule has 2 rings (SSSR count). The van der Waals surface area contributed by atoms with Crippen molar-refractivity contribution in [3.05, 3.63) is 0 Å². The van der Waals surface area contributed by atoms with Crippen molar-refractivity contribution in [2.24, 2.45) is 0 Å². The second-order valence-corrected chi connectivity index (χ2v) is 5.80. The molecule has 0 saturated carbocycles. The monoisotopic (exact) mass is 419 g/mol. The molecule has 0 bridgehead atoms. The Morgan fingerprint density at radius 2 is 1.08 bits per heavy atom. The van der Waals surface area contributed by atoms with Gasteiger partial charge in [-0.1, -0.05) is 11.9 Å². The number of piperazine rings is 1. The quantitative estimate of drug-likeness (QED) is 0.324. The molecular formula is C7H14B3F12N2S-3. The minimum Gasteiger partial charge on any atom is -0.418 e. The van der Waals surface area contributed by atoms with E-state index in [0.29, 0.717) is 0 Å². The first-order valence-corrected chi connectivity index (χ1v) is 7.50. The molecule has 2 heterocycles. The summed E-state index contributed by atoms with van der Waals surface area (Å²) in [6.45, 7) is 3.81. The average molecular weight is 419 g/mol. The van der Waals surface area contributed by atoms with E-state index >= 15 is 0 Å². The molecular weight excluding hydrogens is 405 g/mol. The molecule has 0 aliphatic carbocycles. The summed E-state index contributed by atoms with van der Waals surface area (Å²) in [6, 6.07) is 0.865. The fourth-order valence-electron chi connectivity index (χ4n) is 1.71. The summed E-state index contributed by atoms with van der Waals surface area (Å²) in [6.07, 6.45) is 1.40. The summed E-state index contributed by atoms with van der Waals surface area (Å²) in [4.78, 5) is 2.44. The van der Waals surface area contributed by atoms with Crippen molar-refractivity contribution in [1.82, 2.24) is 9.21 Å². The number of hydrogen-bond acceptors (Lipinski definition) is 3. The average Bonchev–Trinajstić information content (AvgIpc) is 2.68. The van der Waals surface area contributed by atoms with Crippen LogP contribution < -0.4 is 0 Å². The Morgan fingerprint density at radius 1 is 0.720 bits per heavy atom. The maximum absolute atomic E-state index is 9.75. The predicted octanol–water partition coefficient (Wildman–Crippen LogP) is 4.55. The minimum absolute atomic E-state index is 0.865. The van der Waals surface area contributed by atoms with E-state index in [9.17, 15) is 51.8 Å². The van der Waals surface area contributed by atoms with Crippen LogP contribution in [-0.4, -0.2) is 69.4 Å². The Morgan fingerprint density at radius 3 is 1.44 bits per heavy atom. The molecule has 0 aromatic heterocycles. The zero-order chi connectivity index (χ0) is 20.5. The highest BCUT2D eigenvalue weighted by Gasteiger charge is 2.29. The first kappa shape index (κ1) is 26.8. The van der Waals surface area contributed by atoms with Crippen molar-refractivity contribution < 1.29 is 51.8 Å². The summed E-state index contributed by atoms with van der Waals surface area (Å²) in [5.41, 5.74) is 0. The van der Waals surface area contributed by atoms with Gasteiger partial charge in [0.05, 0.1) is 0 Å². The third-order valence-corrected chi connectivity index (χ3v) is 3.57. The molecule has 0 spiro atoms. The van der Waals surface area contributed by atoms with E-state index in [-0.39, 0.29) is 0 Å². The number of likely N-dealkylation sites (N-methyl/N-ethyl adjacent to an activating group) is 1. The highest BCUT2D eigenvalue weighted by molar-refractivity contribution is 7.97. The molecule has 2 nitrogen and oxygen atoms in total. The standard InChI is InChI=1S/C7H14N2S.3BF4/c1-8-3-4-9-7(6-8)2-5-10-9;3*2-1(3,4)5/h7H,2-6H2,1H3;;;/q;3*-1. The van der Waals surface area contributed by atoms with E-state index in [2.05, 4.69) is 16.3 Å². The van der Waals surface area contributed by atoms with Gasteiger partial charge in [-0.25, -0.2) is 4.31 Å². The predicted molar refractivity (Wildman–Crippen MR) is 75.6 cm³/mol. The SMILES string of the molecule is CN1CCN2SCCC2C1.F[B-](F)(F)F.F[B-](F)(F)F.F[B-](F)(F)F. The maximum atomic E-state index is 9.75. The van der Waals surface area contributed by atoms with Gasteiger partial charge in [0.1, 0.15) is 0 Å². The summed E-state index contributed by atoms with van der Waals surface area (Å²) < 4.78 is 120. The molecule has 154 valence electrons. The molecule has 1 atom stereocenters. The van der Waals surface area contributed by atoms with Crippen LogP contribution in [0.3, 0.4) is 0 Å². The van der Waals surface area contributed by atoms with Crippen molar-refractivity contribution in [1.29, 1.82) is 0 Å². The van der Waals surface area contributed by atoms with Crippen molar-refractivity contribution >= 4 is 33.7 Å². The van der Waals surface area contributed by atoms with Gasteiger partial charge in [0.2, 0.25) is 0 Å². The lowest BCUT2D eigenvalue weighted by molar-refractivity contribution is 0.177. The summed E-state index contributed by atoms with van der Waals surface area (Å²) in [5, 5.41) is 0. The molecule has 0 aromatic carbocycles. The number of halogens is 12. The van der Waals surface area contributed by atoms with E-state index < -0.39 is 21.8 Å². The molecule has 25 heavy (non-hydrogen) atoms. The largest absolute Gasteiger partial charge is 0.673 e. The Kier molecular flexibility index (Phi) is 12.2. The van der Waals surface area contributed by atoms with Gasteiger partial charge in [-0.15, -0.1) is 0 Å². The van der Waals surface area contributed by atoms with Crippen molar-refractivity contribution in [3.8, 4) is 0 Å². The van der Waals surface area contributed by atoms with Crippen LogP contribution in [0, 0.1) is 0 Å². The van der Waals surface area contributed by atoms with E-state index in [1.54, 1.807) is 0 Å². The molecule has 1 unspecified atom stereocenters. The van der Waals surface area contributed by atoms with E-state index in [0.717, 1.165) is 6.04 Å². The fourth-order valence-corrected chi connectivity index (χ4v) is 2.91. The van der Waals surface area contributed by atoms with Gasteiger partial charge < -0.3 is 56.7 Å². The number of nitrogens with zero attached hydrogens (tertiary/aromatic N) is 2. The summed E-state index contributed by atoms with van der Waals surface area (Å²) in [7, 11) is -15.8. The second kappa shape index (κ2) is 11.4. The molecule has 2 aliphatic heterocycles. The highest BCUT2D eigenvalue weighted by atomic mass is 32.2. The number of hydrogen-bond donors (Lipinski definition) is 0. The van der Waals surface area contributed by atoms with E-state index in [1.165, 1.54) is 31.8 Å². The van der Waals surface area contributed by atoms with E-state index in [1.807, 2.05) is 11.9 Å². The zero-order valence-corrected chi connectivity index (χ0v) is 13.5. The molecule has 2 fully saturated rings. The lowest BCUT2D eigenvalue weighted by atomic mass is 10.2.